The first-order valence-corrected chi connectivity index (χ1v) is 8.26. The first-order valence-electron chi connectivity index (χ1n) is 8.26. The van der Waals surface area contributed by atoms with E-state index in [4.69, 9.17) is 0 Å². The van der Waals surface area contributed by atoms with Crippen LogP contribution in [0.3, 0.4) is 0 Å². The number of carbonyl (C=O) groups excluding carboxylic acids is 1. The average Bonchev–Trinajstić information content (AvgIpc) is 3.03. The molecule has 140 valence electrons. The van der Waals surface area contributed by atoms with Crippen molar-refractivity contribution in [1.29, 1.82) is 5.26 Å². The topological polar surface area (TPSA) is 73.1 Å². The lowest BCUT2D eigenvalue weighted by atomic mass is 10.1. The van der Waals surface area contributed by atoms with Crippen molar-refractivity contribution >= 4 is 28.3 Å². The van der Waals surface area contributed by atoms with Crippen LogP contribution in [-0.4, -0.2) is 28.6 Å². The molecule has 1 aromatic carbocycles. The molecule has 3 heterocycles. The van der Waals surface area contributed by atoms with E-state index in [-0.39, 0.29) is 12.4 Å². The van der Waals surface area contributed by atoms with Crippen LogP contribution in [0.4, 0.5) is 29.5 Å². The van der Waals surface area contributed by atoms with Gasteiger partial charge >= 0.3 is 12.2 Å². The van der Waals surface area contributed by atoms with E-state index >= 15 is 0 Å². The van der Waals surface area contributed by atoms with Gasteiger partial charge in [-0.05, 0) is 12.1 Å². The number of halogens is 3. The van der Waals surface area contributed by atoms with E-state index in [0.29, 0.717) is 11.9 Å². The number of hydrogen-bond acceptors (Lipinski definition) is 4. The summed E-state index contributed by atoms with van der Waals surface area (Å²) in [7, 11) is 0. The molecule has 1 atom stereocenters. The van der Waals surface area contributed by atoms with Crippen molar-refractivity contribution in [2.24, 2.45) is 0 Å². The zero-order chi connectivity index (χ0) is 19.9. The monoisotopic (exact) mass is 383 g/mol. The maximum atomic E-state index is 13.0. The van der Waals surface area contributed by atoms with Gasteiger partial charge in [-0.1, -0.05) is 24.3 Å². The molecule has 0 radical (unpaired) electrons. The Hall–Kier alpha value is -3.67. The normalized spacial score (nSPS) is 17.2. The molecule has 1 aliphatic heterocycles. The summed E-state index contributed by atoms with van der Waals surface area (Å²) in [5.74, 6) is 0.0499. The molecule has 1 fully saturated rings. The largest absolute Gasteiger partial charge is 0.417 e. The third-order valence-corrected chi connectivity index (χ3v) is 4.51. The summed E-state index contributed by atoms with van der Waals surface area (Å²) in [5, 5.41) is 11.1. The van der Waals surface area contributed by atoms with Crippen molar-refractivity contribution in [3.05, 3.63) is 60.6 Å². The van der Waals surface area contributed by atoms with Gasteiger partial charge in [-0.25, -0.2) is 9.78 Å². The van der Waals surface area contributed by atoms with Crippen LogP contribution in [-0.2, 0) is 6.18 Å². The SMILES string of the molecule is N#C[C@@H]1CN(c2ccc(C(F)(F)F)cn2)C(=O)N1c1cncc2ccccc12. The Morgan fingerprint density at radius 3 is 2.57 bits per heavy atom. The number of hydrogen-bond donors (Lipinski definition) is 0. The summed E-state index contributed by atoms with van der Waals surface area (Å²) >= 11 is 0. The lowest BCUT2D eigenvalue weighted by Crippen LogP contribution is -2.35. The minimum Gasteiger partial charge on any atom is -0.275 e. The van der Waals surface area contributed by atoms with Crippen LogP contribution in [0.5, 0.6) is 0 Å². The Morgan fingerprint density at radius 2 is 1.89 bits per heavy atom. The number of pyridine rings is 2. The molecule has 2 aromatic heterocycles. The van der Waals surface area contributed by atoms with Crippen molar-refractivity contribution < 1.29 is 18.0 Å². The summed E-state index contributed by atoms with van der Waals surface area (Å²) in [6.07, 6.45) is -0.702. The molecule has 0 unspecified atom stereocenters. The molecule has 0 saturated carbocycles. The number of aromatic nitrogens is 2. The van der Waals surface area contributed by atoms with E-state index in [1.807, 2.05) is 24.3 Å². The Morgan fingerprint density at radius 1 is 1.11 bits per heavy atom. The summed E-state index contributed by atoms with van der Waals surface area (Å²) in [5.41, 5.74) is -0.445. The summed E-state index contributed by atoms with van der Waals surface area (Å²) in [6.45, 7) is -0.0169. The van der Waals surface area contributed by atoms with Crippen LogP contribution in [0.25, 0.3) is 10.8 Å². The van der Waals surface area contributed by atoms with Crippen LogP contribution in [0.15, 0.2) is 55.0 Å². The number of anilines is 2. The zero-order valence-electron chi connectivity index (χ0n) is 14.3. The number of fused-ring (bicyclic) bond motifs is 1. The van der Waals surface area contributed by atoms with Crippen molar-refractivity contribution in [3.8, 4) is 6.07 Å². The number of urea groups is 1. The number of nitriles is 1. The summed E-state index contributed by atoms with van der Waals surface area (Å²) in [4.78, 5) is 23.4. The number of alkyl halides is 3. The summed E-state index contributed by atoms with van der Waals surface area (Å²) in [6, 6.07) is 9.97. The number of benzene rings is 1. The van der Waals surface area contributed by atoms with Crippen molar-refractivity contribution in [1.82, 2.24) is 9.97 Å². The Kier molecular flexibility index (Phi) is 4.11. The highest BCUT2D eigenvalue weighted by Crippen LogP contribution is 2.34. The molecule has 0 aliphatic carbocycles. The van der Waals surface area contributed by atoms with E-state index in [0.717, 1.165) is 22.9 Å². The van der Waals surface area contributed by atoms with Crippen LogP contribution < -0.4 is 9.80 Å². The van der Waals surface area contributed by atoms with Gasteiger partial charge in [0.15, 0.2) is 0 Å². The Bertz CT molecular complexity index is 1090. The molecule has 1 aliphatic rings. The molecule has 0 spiro atoms. The third kappa shape index (κ3) is 2.89. The Labute approximate surface area is 157 Å². The van der Waals surface area contributed by atoms with Gasteiger partial charge < -0.3 is 0 Å². The first kappa shape index (κ1) is 17.7. The molecule has 28 heavy (non-hydrogen) atoms. The summed E-state index contributed by atoms with van der Waals surface area (Å²) < 4.78 is 38.2. The maximum Gasteiger partial charge on any atom is 0.417 e. The average molecular weight is 383 g/mol. The number of amides is 2. The highest BCUT2D eigenvalue weighted by Gasteiger charge is 2.41. The van der Waals surface area contributed by atoms with Crippen LogP contribution in [0.1, 0.15) is 5.56 Å². The van der Waals surface area contributed by atoms with Gasteiger partial charge in [-0.2, -0.15) is 18.4 Å². The first-order chi connectivity index (χ1) is 13.4. The zero-order valence-corrected chi connectivity index (χ0v) is 14.3. The number of rotatable bonds is 2. The van der Waals surface area contributed by atoms with E-state index in [1.165, 1.54) is 16.0 Å². The van der Waals surface area contributed by atoms with E-state index in [2.05, 4.69) is 16.0 Å². The van der Waals surface area contributed by atoms with Gasteiger partial charge in [0.2, 0.25) is 0 Å². The smallest absolute Gasteiger partial charge is 0.275 e. The van der Waals surface area contributed by atoms with E-state index < -0.39 is 23.8 Å². The molecule has 2 amide bonds. The minimum absolute atomic E-state index is 0.0169. The lowest BCUT2D eigenvalue weighted by Gasteiger charge is -2.20. The van der Waals surface area contributed by atoms with Gasteiger partial charge in [0, 0.05) is 23.2 Å². The number of nitrogens with zero attached hydrogens (tertiary/aromatic N) is 5. The fraction of sp³-hybridized carbons (Fsp3) is 0.158. The fourth-order valence-corrected chi connectivity index (χ4v) is 3.16. The second kappa shape index (κ2) is 6.49. The maximum absolute atomic E-state index is 13.0. The second-order valence-electron chi connectivity index (χ2n) is 6.19. The van der Waals surface area contributed by atoms with Crippen LogP contribution >= 0.6 is 0 Å². The standard InChI is InChI=1S/C19H12F3N5O/c20-19(21,22)13-5-6-17(25-9-13)26-11-14(7-23)27(18(26)28)16-10-24-8-12-3-1-2-4-15(12)16/h1-6,8-10,14H,11H2/t14-/m1/s1. The van der Waals surface area contributed by atoms with E-state index in [1.54, 1.807) is 6.20 Å². The quantitative estimate of drug-likeness (QED) is 0.671. The molecule has 0 bridgehead atoms. The molecular weight excluding hydrogens is 371 g/mol. The molecular formula is C19H12F3N5O. The molecule has 0 N–H and O–H groups in total. The predicted octanol–water partition coefficient (Wildman–Crippen LogP) is 3.99. The van der Waals surface area contributed by atoms with Gasteiger partial charge in [0.05, 0.1) is 30.1 Å². The second-order valence-corrected chi connectivity index (χ2v) is 6.19. The van der Waals surface area contributed by atoms with Gasteiger partial charge in [-0.15, -0.1) is 0 Å². The third-order valence-electron chi connectivity index (χ3n) is 4.51. The van der Waals surface area contributed by atoms with Crippen molar-refractivity contribution in [2.45, 2.75) is 12.2 Å². The van der Waals surface area contributed by atoms with Crippen molar-refractivity contribution in [3.63, 3.8) is 0 Å². The minimum atomic E-state index is -4.52. The fourth-order valence-electron chi connectivity index (χ4n) is 3.16. The molecule has 3 aromatic rings. The van der Waals surface area contributed by atoms with Crippen LogP contribution in [0, 0.1) is 11.3 Å². The highest BCUT2D eigenvalue weighted by atomic mass is 19.4. The lowest BCUT2D eigenvalue weighted by molar-refractivity contribution is -0.137. The van der Waals surface area contributed by atoms with Crippen molar-refractivity contribution in [2.75, 3.05) is 16.3 Å². The Balaban J connectivity index is 1.73. The van der Waals surface area contributed by atoms with E-state index in [9.17, 15) is 23.2 Å². The molecule has 9 heteroatoms. The predicted molar refractivity (Wildman–Crippen MR) is 95.6 cm³/mol. The molecule has 4 rings (SSSR count). The van der Waals surface area contributed by atoms with Gasteiger partial charge in [0.25, 0.3) is 0 Å². The highest BCUT2D eigenvalue weighted by molar-refractivity contribution is 6.11. The van der Waals surface area contributed by atoms with Crippen LogP contribution in [0.2, 0.25) is 0 Å². The number of carbonyl (C=O) groups is 1. The molecule has 1 saturated heterocycles. The van der Waals surface area contributed by atoms with Gasteiger partial charge in [0.1, 0.15) is 11.9 Å². The van der Waals surface area contributed by atoms with Gasteiger partial charge in [-0.3, -0.25) is 14.8 Å². The molecule has 6 nitrogen and oxygen atoms in total.